The van der Waals surface area contributed by atoms with Crippen LogP contribution in [0.1, 0.15) is 66.1 Å². The molecule has 224 valence electrons. The van der Waals surface area contributed by atoms with Crippen molar-refractivity contribution in [3.05, 3.63) is 65.1 Å². The number of aliphatic hydroxyl groups excluding tert-OH is 1. The molecule has 11 heteroatoms. The van der Waals surface area contributed by atoms with Crippen molar-refractivity contribution >= 4 is 23.9 Å². The quantitative estimate of drug-likeness (QED) is 0.395. The van der Waals surface area contributed by atoms with Gasteiger partial charge in [0.25, 0.3) is 0 Å². The van der Waals surface area contributed by atoms with Gasteiger partial charge >= 0.3 is 23.9 Å². The molecule has 0 spiro atoms. The molecule has 4 aliphatic rings. The number of pyridine rings is 1. The van der Waals surface area contributed by atoms with Crippen molar-refractivity contribution in [1.29, 1.82) is 0 Å². The van der Waals surface area contributed by atoms with Crippen molar-refractivity contribution in [3.63, 3.8) is 0 Å². The van der Waals surface area contributed by atoms with E-state index in [-0.39, 0.29) is 29.5 Å². The summed E-state index contributed by atoms with van der Waals surface area (Å²) in [5.74, 6) is -3.84. The van der Waals surface area contributed by atoms with Crippen LogP contribution >= 0.6 is 0 Å². The minimum absolute atomic E-state index is 0.104. The van der Waals surface area contributed by atoms with Gasteiger partial charge in [-0.3, -0.25) is 19.4 Å². The topological polar surface area (TPSA) is 148 Å². The number of rotatable bonds is 5. The summed E-state index contributed by atoms with van der Waals surface area (Å²) in [5, 5.41) is 12.0. The minimum Gasteiger partial charge on any atom is -0.511 e. The van der Waals surface area contributed by atoms with E-state index in [1.807, 2.05) is 13.8 Å². The summed E-state index contributed by atoms with van der Waals surface area (Å²) in [7, 11) is 0. The molecule has 42 heavy (non-hydrogen) atoms. The van der Waals surface area contributed by atoms with Crippen LogP contribution in [0, 0.1) is 22.7 Å². The number of fused-ring (bicyclic) bond motifs is 4. The summed E-state index contributed by atoms with van der Waals surface area (Å²) in [5.41, 5.74) is -2.73. The summed E-state index contributed by atoms with van der Waals surface area (Å²) < 4.78 is 29.2. The third-order valence-corrected chi connectivity index (χ3v) is 9.12. The fourth-order valence-electron chi connectivity index (χ4n) is 7.41. The number of hydrogen-bond acceptors (Lipinski definition) is 11. The molecule has 11 nitrogen and oxygen atoms in total. The second kappa shape index (κ2) is 10.3. The zero-order chi connectivity index (χ0) is 30.6. The lowest BCUT2D eigenvalue weighted by Crippen LogP contribution is -2.64. The molecule has 1 N–H and O–H groups in total. The fourth-order valence-corrected chi connectivity index (χ4v) is 7.41. The summed E-state index contributed by atoms with van der Waals surface area (Å²) in [6.07, 6.45) is 5.87. The molecule has 7 atom stereocenters. The molecule has 2 aliphatic heterocycles. The largest absolute Gasteiger partial charge is 0.511 e. The van der Waals surface area contributed by atoms with Crippen molar-refractivity contribution < 1.29 is 48.0 Å². The summed E-state index contributed by atoms with van der Waals surface area (Å²) >= 11 is 0. The first kappa shape index (κ1) is 29.3. The molecule has 0 saturated heterocycles. The molecule has 2 aliphatic carbocycles. The first-order chi connectivity index (χ1) is 19.7. The van der Waals surface area contributed by atoms with Crippen LogP contribution in [0.15, 0.2) is 59.5 Å². The molecule has 0 aromatic carbocycles. The number of aromatic nitrogens is 1. The van der Waals surface area contributed by atoms with Crippen molar-refractivity contribution in [2.75, 3.05) is 6.61 Å². The highest BCUT2D eigenvalue weighted by Crippen LogP contribution is 2.66. The van der Waals surface area contributed by atoms with Gasteiger partial charge in [0.2, 0.25) is 0 Å². The SMILES string of the molecule is CC(=O)OCC1(C)C(OC(C)=O)CCC2(C)C3C(O)=C4C(=O)OC(c5cccnc5)C=C4OC3(C)C(OC(C)=O)=CC12. The summed E-state index contributed by atoms with van der Waals surface area (Å²) in [6, 6.07) is 3.47. The number of carbonyl (C=O) groups excluding carboxylic acids is 4. The van der Waals surface area contributed by atoms with Crippen molar-refractivity contribution in [3.8, 4) is 0 Å². The maximum atomic E-state index is 13.4. The number of hydrogen-bond donors (Lipinski definition) is 1. The van der Waals surface area contributed by atoms with Gasteiger partial charge in [0.05, 0.1) is 5.92 Å². The average molecular weight is 582 g/mol. The fraction of sp³-hybridized carbons (Fsp3) is 0.516. The van der Waals surface area contributed by atoms with Gasteiger partial charge in [-0.05, 0) is 43.2 Å². The molecule has 0 amide bonds. The molecule has 1 aromatic rings. The molecule has 3 heterocycles. The zero-order valence-electron chi connectivity index (χ0n) is 24.5. The number of ether oxygens (including phenoxy) is 5. The standard InChI is InChI=1S/C31H35NO10/c1-16(33)38-15-30(5)22-13-24(40-18(3)35)31(6)27(29(22,4)10-9-23(30)39-17(2)34)26(36)25-21(42-31)12-20(41-28(25)37)19-8-7-11-32-14-19/h7-8,11-14,20,22-23,27,36H,9-10,15H2,1-6H3. The molecule has 1 saturated carbocycles. The normalized spacial score (nSPS) is 35.1. The highest BCUT2D eigenvalue weighted by Gasteiger charge is 2.68. The first-order valence-corrected chi connectivity index (χ1v) is 13.9. The Labute approximate surface area is 243 Å². The van der Waals surface area contributed by atoms with Crippen LogP contribution in [-0.4, -0.2) is 52.3 Å². The Balaban J connectivity index is 1.69. The Morgan fingerprint density at radius 3 is 2.45 bits per heavy atom. The number of nitrogens with zero attached hydrogens (tertiary/aromatic N) is 1. The molecule has 0 radical (unpaired) electrons. The van der Waals surface area contributed by atoms with E-state index in [9.17, 15) is 24.3 Å². The Morgan fingerprint density at radius 2 is 1.83 bits per heavy atom. The van der Waals surface area contributed by atoms with Crippen LogP contribution in [0.4, 0.5) is 0 Å². The number of carbonyl (C=O) groups is 4. The van der Waals surface area contributed by atoms with Crippen molar-refractivity contribution in [2.45, 2.75) is 72.2 Å². The number of cyclic esters (lactones) is 1. The monoisotopic (exact) mass is 581 g/mol. The van der Waals surface area contributed by atoms with E-state index in [4.69, 9.17) is 23.7 Å². The summed E-state index contributed by atoms with van der Waals surface area (Å²) in [4.78, 5) is 53.9. The Morgan fingerprint density at radius 1 is 1.10 bits per heavy atom. The van der Waals surface area contributed by atoms with Crippen LogP contribution in [0.5, 0.6) is 0 Å². The van der Waals surface area contributed by atoms with Crippen molar-refractivity contribution in [2.24, 2.45) is 22.7 Å². The van der Waals surface area contributed by atoms with Crippen LogP contribution in [-0.2, 0) is 42.9 Å². The number of aliphatic hydroxyl groups is 1. The molecular formula is C31H35NO10. The number of allylic oxidation sites excluding steroid dienone is 1. The Bertz CT molecular complexity index is 1430. The maximum absolute atomic E-state index is 13.4. The Kier molecular flexibility index (Phi) is 7.19. The third kappa shape index (κ3) is 4.64. The lowest BCUT2D eigenvalue weighted by atomic mass is 9.45. The van der Waals surface area contributed by atoms with E-state index in [1.165, 1.54) is 20.8 Å². The molecule has 0 bridgehead atoms. The van der Waals surface area contributed by atoms with Crippen LogP contribution in [0.3, 0.4) is 0 Å². The van der Waals surface area contributed by atoms with Crippen LogP contribution in [0.2, 0.25) is 0 Å². The second-order valence-electron chi connectivity index (χ2n) is 12.1. The van der Waals surface area contributed by atoms with Crippen molar-refractivity contribution in [1.82, 2.24) is 4.98 Å². The smallest absolute Gasteiger partial charge is 0.346 e. The molecule has 5 rings (SSSR count). The molecule has 1 aromatic heterocycles. The van der Waals surface area contributed by atoms with E-state index in [1.54, 1.807) is 43.6 Å². The van der Waals surface area contributed by atoms with Gasteiger partial charge < -0.3 is 28.8 Å². The van der Waals surface area contributed by atoms with E-state index in [2.05, 4.69) is 4.98 Å². The predicted octanol–water partition coefficient (Wildman–Crippen LogP) is 4.16. The van der Waals surface area contributed by atoms with Gasteiger partial charge in [0.15, 0.2) is 11.7 Å². The lowest BCUT2D eigenvalue weighted by molar-refractivity contribution is -0.203. The minimum atomic E-state index is -1.41. The number of esters is 4. The van der Waals surface area contributed by atoms with Gasteiger partial charge in [-0.15, -0.1) is 0 Å². The van der Waals surface area contributed by atoms with Gasteiger partial charge in [0, 0.05) is 50.2 Å². The maximum Gasteiger partial charge on any atom is 0.346 e. The average Bonchev–Trinajstić information content (AvgIpc) is 2.90. The third-order valence-electron chi connectivity index (χ3n) is 9.12. The van der Waals surface area contributed by atoms with E-state index >= 15 is 0 Å². The van der Waals surface area contributed by atoms with Gasteiger partial charge in [-0.2, -0.15) is 0 Å². The van der Waals surface area contributed by atoms with Gasteiger partial charge in [-0.1, -0.05) is 19.9 Å². The summed E-state index contributed by atoms with van der Waals surface area (Å²) in [6.45, 7) is 9.24. The molecule has 1 fully saturated rings. The molecule has 7 unspecified atom stereocenters. The van der Waals surface area contributed by atoms with E-state index < -0.39 is 64.4 Å². The zero-order valence-corrected chi connectivity index (χ0v) is 24.5. The van der Waals surface area contributed by atoms with Crippen LogP contribution < -0.4 is 0 Å². The Hall–Kier alpha value is -4.15. The highest BCUT2D eigenvalue weighted by atomic mass is 16.6. The van der Waals surface area contributed by atoms with Gasteiger partial charge in [0.1, 0.15) is 35.6 Å². The highest BCUT2D eigenvalue weighted by molar-refractivity contribution is 5.95. The first-order valence-electron chi connectivity index (χ1n) is 13.9. The van der Waals surface area contributed by atoms with Gasteiger partial charge in [-0.25, -0.2) is 4.79 Å². The lowest BCUT2D eigenvalue weighted by Gasteiger charge is -2.62. The molecular weight excluding hydrogens is 546 g/mol. The second-order valence-corrected chi connectivity index (χ2v) is 12.1. The predicted molar refractivity (Wildman–Crippen MR) is 145 cm³/mol. The van der Waals surface area contributed by atoms with Crippen LogP contribution in [0.25, 0.3) is 0 Å². The van der Waals surface area contributed by atoms with E-state index in [0.717, 1.165) is 0 Å². The van der Waals surface area contributed by atoms with E-state index in [0.29, 0.717) is 18.4 Å².